The van der Waals surface area contributed by atoms with Gasteiger partial charge in [0.25, 0.3) is 0 Å². The van der Waals surface area contributed by atoms with Crippen LogP contribution >= 0.6 is 11.3 Å². The highest BCUT2D eigenvalue weighted by Gasteiger charge is 2.17. The first kappa shape index (κ1) is 12.1. The van der Waals surface area contributed by atoms with E-state index in [1.807, 2.05) is 31.4 Å². The van der Waals surface area contributed by atoms with Crippen molar-refractivity contribution in [2.45, 2.75) is 27.7 Å². The molecule has 0 fully saturated rings. The van der Waals surface area contributed by atoms with Gasteiger partial charge in [0.1, 0.15) is 0 Å². The Morgan fingerprint density at radius 1 is 1.06 bits per heavy atom. The number of hydrogen-bond donors (Lipinski definition) is 0. The van der Waals surface area contributed by atoms with Crippen molar-refractivity contribution in [3.05, 3.63) is 56.3 Å². The fourth-order valence-electron chi connectivity index (χ4n) is 2.09. The molecule has 2 heteroatoms. The normalized spacial score (nSPS) is 10.6. The van der Waals surface area contributed by atoms with E-state index < -0.39 is 0 Å². The van der Waals surface area contributed by atoms with Crippen LogP contribution in [0.3, 0.4) is 0 Å². The van der Waals surface area contributed by atoms with Crippen molar-refractivity contribution in [1.29, 1.82) is 0 Å². The third-order valence-electron chi connectivity index (χ3n) is 3.34. The number of rotatable bonds is 2. The Balaban J connectivity index is 2.63. The number of carbonyl (C=O) groups is 1. The van der Waals surface area contributed by atoms with Gasteiger partial charge in [0.2, 0.25) is 5.78 Å². The van der Waals surface area contributed by atoms with E-state index in [9.17, 15) is 4.79 Å². The van der Waals surface area contributed by atoms with Crippen molar-refractivity contribution in [2.75, 3.05) is 0 Å². The van der Waals surface area contributed by atoms with E-state index in [0.717, 1.165) is 21.6 Å². The summed E-state index contributed by atoms with van der Waals surface area (Å²) in [4.78, 5) is 13.3. The highest BCUT2D eigenvalue weighted by molar-refractivity contribution is 7.12. The average molecular weight is 244 g/mol. The minimum atomic E-state index is 0.154. The Hall–Kier alpha value is -1.41. The van der Waals surface area contributed by atoms with Crippen molar-refractivity contribution >= 4 is 17.1 Å². The molecule has 17 heavy (non-hydrogen) atoms. The molecule has 0 saturated heterocycles. The third-order valence-corrected chi connectivity index (χ3v) is 4.21. The Morgan fingerprint density at radius 3 is 2.12 bits per heavy atom. The van der Waals surface area contributed by atoms with Crippen LogP contribution < -0.4 is 0 Å². The highest BCUT2D eigenvalue weighted by atomic mass is 32.1. The fourth-order valence-corrected chi connectivity index (χ4v) is 2.76. The zero-order chi connectivity index (χ0) is 12.6. The lowest BCUT2D eigenvalue weighted by Gasteiger charge is -2.13. The maximum Gasteiger partial charge on any atom is 0.203 e. The number of hydrogen-bond acceptors (Lipinski definition) is 2. The van der Waals surface area contributed by atoms with Crippen LogP contribution in [0.25, 0.3) is 0 Å². The van der Waals surface area contributed by atoms with Gasteiger partial charge in [0, 0.05) is 5.56 Å². The summed E-state index contributed by atoms with van der Waals surface area (Å²) in [6.45, 7) is 8.19. The molecule has 1 aromatic carbocycles. The second kappa shape index (κ2) is 4.46. The third kappa shape index (κ3) is 2.05. The molecule has 0 unspecified atom stereocenters. The maximum atomic E-state index is 12.5. The molecule has 0 bridgehead atoms. The van der Waals surface area contributed by atoms with E-state index >= 15 is 0 Å². The zero-order valence-corrected chi connectivity index (χ0v) is 11.4. The zero-order valence-electron chi connectivity index (χ0n) is 10.6. The molecule has 2 aromatic rings. The number of carbonyl (C=O) groups excluding carboxylic acids is 1. The first-order chi connectivity index (χ1) is 8.02. The number of aryl methyl sites for hydroxylation is 2. The van der Waals surface area contributed by atoms with E-state index in [0.29, 0.717) is 0 Å². The second-order valence-electron chi connectivity index (χ2n) is 4.44. The summed E-state index contributed by atoms with van der Waals surface area (Å²) in [5, 5.41) is 1.94. The Bertz CT molecular complexity index is 539. The largest absolute Gasteiger partial charge is 0.288 e. The van der Waals surface area contributed by atoms with E-state index in [1.54, 1.807) is 0 Å². The molecule has 0 N–H and O–H groups in total. The summed E-state index contributed by atoms with van der Waals surface area (Å²) >= 11 is 1.51. The molecule has 0 spiro atoms. The van der Waals surface area contributed by atoms with Gasteiger partial charge < -0.3 is 0 Å². The molecular weight excluding hydrogens is 228 g/mol. The first-order valence-electron chi connectivity index (χ1n) is 5.68. The van der Waals surface area contributed by atoms with E-state index in [1.165, 1.54) is 22.5 Å². The van der Waals surface area contributed by atoms with Crippen LogP contribution in [0.4, 0.5) is 0 Å². The van der Waals surface area contributed by atoms with Gasteiger partial charge in [0.05, 0.1) is 4.88 Å². The molecule has 1 nitrogen and oxygen atoms in total. The van der Waals surface area contributed by atoms with Crippen LogP contribution in [0.2, 0.25) is 0 Å². The molecular formula is C15H16OS. The molecule has 0 aliphatic heterocycles. The monoisotopic (exact) mass is 244 g/mol. The van der Waals surface area contributed by atoms with E-state index in [4.69, 9.17) is 0 Å². The summed E-state index contributed by atoms with van der Waals surface area (Å²) in [5.41, 5.74) is 5.46. The van der Waals surface area contributed by atoms with Crippen molar-refractivity contribution in [2.24, 2.45) is 0 Å². The molecule has 0 radical (unpaired) electrons. The van der Waals surface area contributed by atoms with Gasteiger partial charge in [-0.15, -0.1) is 11.3 Å². The first-order valence-corrected chi connectivity index (χ1v) is 6.56. The van der Waals surface area contributed by atoms with E-state index in [2.05, 4.69) is 19.9 Å². The van der Waals surface area contributed by atoms with Gasteiger partial charge >= 0.3 is 0 Å². The summed E-state index contributed by atoms with van der Waals surface area (Å²) in [7, 11) is 0. The molecule has 0 amide bonds. The van der Waals surface area contributed by atoms with Crippen molar-refractivity contribution < 1.29 is 4.79 Å². The molecule has 2 rings (SSSR count). The SMILES string of the molecule is Cc1cc(C)c(C)c(C(=O)c2cccs2)c1C. The van der Waals surface area contributed by atoms with Gasteiger partial charge in [-0.25, -0.2) is 0 Å². The van der Waals surface area contributed by atoms with Gasteiger partial charge in [-0.3, -0.25) is 4.79 Å². The molecule has 88 valence electrons. The lowest BCUT2D eigenvalue weighted by molar-refractivity contribution is 0.104. The lowest BCUT2D eigenvalue weighted by Crippen LogP contribution is -2.07. The Kier molecular flexibility index (Phi) is 3.16. The van der Waals surface area contributed by atoms with Gasteiger partial charge in [-0.05, 0) is 61.4 Å². The van der Waals surface area contributed by atoms with Gasteiger partial charge in [-0.2, -0.15) is 0 Å². The highest BCUT2D eigenvalue weighted by Crippen LogP contribution is 2.25. The fraction of sp³-hybridized carbons (Fsp3) is 0.267. The van der Waals surface area contributed by atoms with Crippen molar-refractivity contribution in [3.63, 3.8) is 0 Å². The average Bonchev–Trinajstić information content (AvgIpc) is 2.80. The Morgan fingerprint density at radius 2 is 1.65 bits per heavy atom. The van der Waals surface area contributed by atoms with Gasteiger partial charge in [0.15, 0.2) is 0 Å². The standard InChI is InChI=1S/C15H16OS/c1-9-8-10(2)12(4)14(11(9)3)15(16)13-6-5-7-17-13/h5-8H,1-4H3. The predicted octanol–water partition coefficient (Wildman–Crippen LogP) is 4.21. The van der Waals surface area contributed by atoms with Crippen molar-refractivity contribution in [1.82, 2.24) is 0 Å². The van der Waals surface area contributed by atoms with Crippen molar-refractivity contribution in [3.8, 4) is 0 Å². The minimum absolute atomic E-state index is 0.154. The summed E-state index contributed by atoms with van der Waals surface area (Å²) in [5.74, 6) is 0.154. The van der Waals surface area contributed by atoms with Crippen LogP contribution in [0.15, 0.2) is 23.6 Å². The smallest absolute Gasteiger partial charge is 0.203 e. The molecule has 1 heterocycles. The van der Waals surface area contributed by atoms with Crippen LogP contribution in [-0.4, -0.2) is 5.78 Å². The lowest BCUT2D eigenvalue weighted by atomic mass is 9.91. The summed E-state index contributed by atoms with van der Waals surface area (Å²) in [6, 6.07) is 5.96. The maximum absolute atomic E-state index is 12.5. The van der Waals surface area contributed by atoms with Crippen LogP contribution in [0.1, 0.15) is 37.5 Å². The Labute approximate surface area is 106 Å². The molecule has 1 aromatic heterocycles. The van der Waals surface area contributed by atoms with Crippen LogP contribution in [-0.2, 0) is 0 Å². The summed E-state index contributed by atoms with van der Waals surface area (Å²) < 4.78 is 0. The molecule has 0 saturated carbocycles. The molecule has 0 aliphatic carbocycles. The number of benzene rings is 1. The van der Waals surface area contributed by atoms with E-state index in [-0.39, 0.29) is 5.78 Å². The topological polar surface area (TPSA) is 17.1 Å². The predicted molar refractivity (Wildman–Crippen MR) is 73.1 cm³/mol. The van der Waals surface area contributed by atoms with Gasteiger partial charge in [-0.1, -0.05) is 12.1 Å². The number of thiophene rings is 1. The molecule has 0 aliphatic rings. The second-order valence-corrected chi connectivity index (χ2v) is 5.39. The molecule has 0 atom stereocenters. The minimum Gasteiger partial charge on any atom is -0.288 e. The summed E-state index contributed by atoms with van der Waals surface area (Å²) in [6.07, 6.45) is 0. The quantitative estimate of drug-likeness (QED) is 0.723. The van der Waals surface area contributed by atoms with Crippen LogP contribution in [0, 0.1) is 27.7 Å². The number of ketones is 1. The van der Waals surface area contributed by atoms with Crippen LogP contribution in [0.5, 0.6) is 0 Å².